The summed E-state index contributed by atoms with van der Waals surface area (Å²) >= 11 is 0. The number of unbranched alkanes of at least 4 members (excludes halogenated alkanes) is 4. The van der Waals surface area contributed by atoms with Crippen LogP contribution in [0.4, 0.5) is 5.69 Å². The monoisotopic (exact) mass is 276 g/mol. The van der Waals surface area contributed by atoms with Crippen molar-refractivity contribution in [1.82, 2.24) is 5.32 Å². The van der Waals surface area contributed by atoms with E-state index in [0.29, 0.717) is 6.54 Å². The zero-order valence-corrected chi connectivity index (χ0v) is 13.1. The lowest BCUT2D eigenvalue weighted by Crippen LogP contribution is -2.30. The number of hydrogen-bond acceptors (Lipinski definition) is 2. The Labute approximate surface area is 123 Å². The van der Waals surface area contributed by atoms with Crippen LogP contribution < -0.4 is 10.6 Å². The number of rotatable bonds is 9. The van der Waals surface area contributed by atoms with Gasteiger partial charge in [-0.3, -0.25) is 4.79 Å². The van der Waals surface area contributed by atoms with E-state index >= 15 is 0 Å². The van der Waals surface area contributed by atoms with E-state index < -0.39 is 0 Å². The van der Waals surface area contributed by atoms with Crippen molar-refractivity contribution >= 4 is 11.6 Å². The molecule has 0 bridgehead atoms. The van der Waals surface area contributed by atoms with Gasteiger partial charge in [-0.25, -0.2) is 0 Å². The minimum Gasteiger partial charge on any atom is -0.376 e. The van der Waals surface area contributed by atoms with Gasteiger partial charge in [0.25, 0.3) is 0 Å². The molecule has 3 nitrogen and oxygen atoms in total. The lowest BCUT2D eigenvalue weighted by Gasteiger charge is -2.11. The van der Waals surface area contributed by atoms with Gasteiger partial charge in [-0.05, 0) is 37.5 Å². The molecule has 0 fully saturated rings. The molecule has 0 spiro atoms. The van der Waals surface area contributed by atoms with Gasteiger partial charge in [-0.2, -0.15) is 0 Å². The first-order chi connectivity index (χ1) is 9.65. The van der Waals surface area contributed by atoms with Crippen LogP contribution in [0.2, 0.25) is 0 Å². The number of carbonyl (C=O) groups excluding carboxylic acids is 1. The first-order valence-corrected chi connectivity index (χ1v) is 7.72. The van der Waals surface area contributed by atoms with Gasteiger partial charge in [0, 0.05) is 12.2 Å². The predicted octanol–water partition coefficient (Wildman–Crippen LogP) is 3.80. The summed E-state index contributed by atoms with van der Waals surface area (Å²) in [6.45, 7) is 7.50. The van der Waals surface area contributed by atoms with E-state index in [2.05, 4.69) is 37.5 Å². The topological polar surface area (TPSA) is 41.1 Å². The second-order valence-corrected chi connectivity index (χ2v) is 5.37. The molecule has 0 saturated carbocycles. The summed E-state index contributed by atoms with van der Waals surface area (Å²) in [5.74, 6) is 0.0707. The molecule has 0 aliphatic heterocycles. The molecule has 20 heavy (non-hydrogen) atoms. The zero-order chi connectivity index (χ0) is 14.8. The molecule has 112 valence electrons. The molecule has 1 aromatic rings. The van der Waals surface area contributed by atoms with Crippen LogP contribution in [0.1, 0.15) is 50.2 Å². The fourth-order valence-electron chi connectivity index (χ4n) is 2.14. The average Bonchev–Trinajstić information content (AvgIpc) is 2.44. The SMILES string of the molecule is CCCCCCCNC(=O)CNc1cccc(C)c1C. The van der Waals surface area contributed by atoms with Gasteiger partial charge >= 0.3 is 0 Å². The number of hydrogen-bond donors (Lipinski definition) is 2. The number of benzene rings is 1. The summed E-state index contributed by atoms with van der Waals surface area (Å²) in [5, 5.41) is 6.17. The van der Waals surface area contributed by atoms with Gasteiger partial charge in [0.1, 0.15) is 0 Å². The highest BCUT2D eigenvalue weighted by atomic mass is 16.1. The van der Waals surface area contributed by atoms with E-state index in [9.17, 15) is 4.79 Å². The van der Waals surface area contributed by atoms with Crippen LogP contribution in [0.15, 0.2) is 18.2 Å². The van der Waals surface area contributed by atoms with Crippen LogP contribution in [0.25, 0.3) is 0 Å². The number of aryl methyl sites for hydroxylation is 1. The Kier molecular flexibility index (Phi) is 7.78. The third-order valence-corrected chi connectivity index (χ3v) is 3.65. The number of amides is 1. The lowest BCUT2D eigenvalue weighted by atomic mass is 10.1. The number of anilines is 1. The summed E-state index contributed by atoms with van der Waals surface area (Å²) in [6, 6.07) is 6.10. The van der Waals surface area contributed by atoms with Crippen LogP contribution >= 0.6 is 0 Å². The average molecular weight is 276 g/mol. The van der Waals surface area contributed by atoms with E-state index in [-0.39, 0.29) is 5.91 Å². The van der Waals surface area contributed by atoms with Crippen LogP contribution in [0.3, 0.4) is 0 Å². The number of carbonyl (C=O) groups is 1. The minimum absolute atomic E-state index is 0.0707. The van der Waals surface area contributed by atoms with Crippen molar-refractivity contribution in [2.45, 2.75) is 52.9 Å². The largest absolute Gasteiger partial charge is 0.376 e. The van der Waals surface area contributed by atoms with Crippen molar-refractivity contribution in [2.75, 3.05) is 18.4 Å². The number of nitrogens with one attached hydrogen (secondary N) is 2. The van der Waals surface area contributed by atoms with Gasteiger partial charge in [0.2, 0.25) is 5.91 Å². The van der Waals surface area contributed by atoms with Crippen molar-refractivity contribution < 1.29 is 4.79 Å². The summed E-state index contributed by atoms with van der Waals surface area (Å²) < 4.78 is 0. The quantitative estimate of drug-likeness (QED) is 0.674. The molecule has 0 unspecified atom stereocenters. The first-order valence-electron chi connectivity index (χ1n) is 7.72. The Morgan fingerprint density at radius 2 is 1.85 bits per heavy atom. The van der Waals surface area contributed by atoms with Crippen molar-refractivity contribution in [3.05, 3.63) is 29.3 Å². The summed E-state index contributed by atoms with van der Waals surface area (Å²) in [4.78, 5) is 11.7. The minimum atomic E-state index is 0.0707. The third kappa shape index (κ3) is 6.09. The lowest BCUT2D eigenvalue weighted by molar-refractivity contribution is -0.119. The van der Waals surface area contributed by atoms with E-state index in [1.807, 2.05) is 12.1 Å². The fraction of sp³-hybridized carbons (Fsp3) is 0.588. The Bertz CT molecular complexity index is 415. The first kappa shape index (κ1) is 16.5. The van der Waals surface area contributed by atoms with E-state index in [1.165, 1.54) is 36.8 Å². The highest BCUT2D eigenvalue weighted by Gasteiger charge is 2.03. The predicted molar refractivity (Wildman–Crippen MR) is 86.2 cm³/mol. The Morgan fingerprint density at radius 3 is 2.60 bits per heavy atom. The molecule has 3 heteroatoms. The molecule has 2 N–H and O–H groups in total. The third-order valence-electron chi connectivity index (χ3n) is 3.65. The standard InChI is InChI=1S/C17H28N2O/c1-4-5-6-7-8-12-18-17(20)13-19-16-11-9-10-14(2)15(16)3/h9-11,19H,4-8,12-13H2,1-3H3,(H,18,20). The molecular weight excluding hydrogens is 248 g/mol. The van der Waals surface area contributed by atoms with Crippen LogP contribution in [-0.2, 0) is 4.79 Å². The van der Waals surface area contributed by atoms with Crippen LogP contribution in [0.5, 0.6) is 0 Å². The molecule has 0 atom stereocenters. The molecule has 0 radical (unpaired) electrons. The maximum Gasteiger partial charge on any atom is 0.239 e. The highest BCUT2D eigenvalue weighted by Crippen LogP contribution is 2.17. The molecule has 0 aromatic heterocycles. The van der Waals surface area contributed by atoms with Crippen LogP contribution in [0, 0.1) is 13.8 Å². The summed E-state index contributed by atoms with van der Waals surface area (Å²) in [5.41, 5.74) is 3.49. The second-order valence-electron chi connectivity index (χ2n) is 5.37. The summed E-state index contributed by atoms with van der Waals surface area (Å²) in [7, 11) is 0. The molecule has 1 aromatic carbocycles. The molecule has 1 amide bonds. The van der Waals surface area contributed by atoms with Gasteiger partial charge < -0.3 is 10.6 Å². The Balaban J connectivity index is 2.18. The second kappa shape index (κ2) is 9.40. The normalized spacial score (nSPS) is 10.3. The van der Waals surface area contributed by atoms with Crippen molar-refractivity contribution in [2.24, 2.45) is 0 Å². The van der Waals surface area contributed by atoms with Crippen molar-refractivity contribution in [3.63, 3.8) is 0 Å². The van der Waals surface area contributed by atoms with E-state index in [1.54, 1.807) is 0 Å². The summed E-state index contributed by atoms with van der Waals surface area (Å²) in [6.07, 6.45) is 6.11. The van der Waals surface area contributed by atoms with Crippen molar-refractivity contribution in [1.29, 1.82) is 0 Å². The highest BCUT2D eigenvalue weighted by molar-refractivity contribution is 5.81. The van der Waals surface area contributed by atoms with Gasteiger partial charge in [0.15, 0.2) is 0 Å². The zero-order valence-electron chi connectivity index (χ0n) is 13.1. The fourth-order valence-corrected chi connectivity index (χ4v) is 2.14. The maximum absolute atomic E-state index is 11.7. The smallest absolute Gasteiger partial charge is 0.239 e. The van der Waals surface area contributed by atoms with Gasteiger partial charge in [-0.1, -0.05) is 44.7 Å². The molecule has 0 heterocycles. The van der Waals surface area contributed by atoms with E-state index in [4.69, 9.17) is 0 Å². The van der Waals surface area contributed by atoms with Gasteiger partial charge in [-0.15, -0.1) is 0 Å². The molecule has 0 aliphatic carbocycles. The van der Waals surface area contributed by atoms with E-state index in [0.717, 1.165) is 18.7 Å². The molecule has 0 saturated heterocycles. The molecular formula is C17H28N2O. The Morgan fingerprint density at radius 1 is 1.10 bits per heavy atom. The van der Waals surface area contributed by atoms with Crippen LogP contribution in [-0.4, -0.2) is 19.0 Å². The van der Waals surface area contributed by atoms with Gasteiger partial charge in [0.05, 0.1) is 6.54 Å². The van der Waals surface area contributed by atoms with Crippen molar-refractivity contribution in [3.8, 4) is 0 Å². The molecule has 1 rings (SSSR count). The maximum atomic E-state index is 11.7. The Hall–Kier alpha value is -1.51. The molecule has 0 aliphatic rings.